The van der Waals surface area contributed by atoms with E-state index in [2.05, 4.69) is 5.32 Å². The van der Waals surface area contributed by atoms with E-state index in [1.807, 2.05) is 31.2 Å². The smallest absolute Gasteiger partial charge is 0.354 e. The number of nitrogens with two attached hydrogens (primary N) is 1. The van der Waals surface area contributed by atoms with Gasteiger partial charge >= 0.3 is 6.18 Å². The van der Waals surface area contributed by atoms with Gasteiger partial charge in [0, 0.05) is 6.54 Å². The minimum absolute atomic E-state index is 0.224. The molecule has 0 radical (unpaired) electrons. The SMILES string of the molecule is Cc1ccc(C(N)C(=O)NCCC2CCN(CC(F)(F)F)CC2)cc1. The number of nitrogens with one attached hydrogen (secondary N) is 1. The largest absolute Gasteiger partial charge is 0.401 e. The number of piperidine rings is 1. The van der Waals surface area contributed by atoms with Gasteiger partial charge < -0.3 is 11.1 Å². The van der Waals surface area contributed by atoms with Gasteiger partial charge in [0.15, 0.2) is 0 Å². The standard InChI is InChI=1S/C18H26F3N3O/c1-13-2-4-15(5-3-13)16(22)17(25)23-9-6-14-7-10-24(11-8-14)12-18(19,20)21/h2-5,14,16H,6-12,22H2,1H3,(H,23,25). The molecule has 1 atom stereocenters. The third-order valence-electron chi connectivity index (χ3n) is 4.68. The summed E-state index contributed by atoms with van der Waals surface area (Å²) >= 11 is 0. The van der Waals surface area contributed by atoms with E-state index in [9.17, 15) is 18.0 Å². The van der Waals surface area contributed by atoms with Gasteiger partial charge in [0.1, 0.15) is 6.04 Å². The molecule has 0 aliphatic carbocycles. The molecule has 25 heavy (non-hydrogen) atoms. The highest BCUT2D eigenvalue weighted by atomic mass is 19.4. The summed E-state index contributed by atoms with van der Waals surface area (Å²) in [5.41, 5.74) is 7.83. The average Bonchev–Trinajstić information content (AvgIpc) is 2.55. The first-order valence-electron chi connectivity index (χ1n) is 8.63. The number of hydrogen-bond acceptors (Lipinski definition) is 3. The zero-order valence-electron chi connectivity index (χ0n) is 14.5. The molecule has 3 N–H and O–H groups in total. The molecule has 0 saturated carbocycles. The topological polar surface area (TPSA) is 58.4 Å². The maximum atomic E-state index is 12.4. The van der Waals surface area contributed by atoms with E-state index in [0.717, 1.165) is 30.4 Å². The molecule has 140 valence electrons. The Bertz CT molecular complexity index is 552. The summed E-state index contributed by atoms with van der Waals surface area (Å²) in [4.78, 5) is 13.6. The Kier molecular flexibility index (Phi) is 6.84. The first-order valence-corrected chi connectivity index (χ1v) is 8.63. The fourth-order valence-electron chi connectivity index (χ4n) is 3.12. The van der Waals surface area contributed by atoms with Gasteiger partial charge in [-0.15, -0.1) is 0 Å². The highest BCUT2D eigenvalue weighted by Crippen LogP contribution is 2.24. The monoisotopic (exact) mass is 357 g/mol. The first kappa shape index (κ1) is 19.7. The van der Waals surface area contributed by atoms with Gasteiger partial charge in [0.2, 0.25) is 5.91 Å². The molecule has 2 rings (SSSR count). The van der Waals surface area contributed by atoms with Gasteiger partial charge in [-0.3, -0.25) is 9.69 Å². The number of carbonyl (C=O) groups excluding carboxylic acids is 1. The molecule has 1 aliphatic rings. The van der Waals surface area contributed by atoms with Crippen molar-refractivity contribution in [1.29, 1.82) is 0 Å². The number of aryl methyl sites for hydroxylation is 1. The predicted octanol–water partition coefficient (Wildman–Crippen LogP) is 2.78. The normalized spacial score (nSPS) is 18.1. The average molecular weight is 357 g/mol. The molecule has 0 aromatic heterocycles. The van der Waals surface area contributed by atoms with E-state index < -0.39 is 18.8 Å². The molecule has 4 nitrogen and oxygen atoms in total. The van der Waals surface area contributed by atoms with Crippen molar-refractivity contribution in [2.75, 3.05) is 26.2 Å². The number of alkyl halides is 3. The fraction of sp³-hybridized carbons (Fsp3) is 0.611. The number of nitrogens with zero attached hydrogens (tertiary/aromatic N) is 1. The first-order chi connectivity index (χ1) is 11.7. The van der Waals surface area contributed by atoms with Crippen LogP contribution in [-0.2, 0) is 4.79 Å². The van der Waals surface area contributed by atoms with Crippen molar-refractivity contribution in [3.8, 4) is 0 Å². The van der Waals surface area contributed by atoms with Crippen LogP contribution in [0.4, 0.5) is 13.2 Å². The van der Waals surface area contributed by atoms with E-state index in [-0.39, 0.29) is 5.91 Å². The summed E-state index contributed by atoms with van der Waals surface area (Å²) in [7, 11) is 0. The van der Waals surface area contributed by atoms with Crippen LogP contribution in [0.2, 0.25) is 0 Å². The van der Waals surface area contributed by atoms with Crippen LogP contribution < -0.4 is 11.1 Å². The van der Waals surface area contributed by atoms with Gasteiger partial charge in [0.25, 0.3) is 0 Å². The summed E-state index contributed by atoms with van der Waals surface area (Å²) in [6.45, 7) is 2.56. The van der Waals surface area contributed by atoms with Crippen molar-refractivity contribution >= 4 is 5.91 Å². The fourth-order valence-corrected chi connectivity index (χ4v) is 3.12. The van der Waals surface area contributed by atoms with E-state index in [1.165, 1.54) is 4.90 Å². The number of benzene rings is 1. The summed E-state index contributed by atoms with van der Waals surface area (Å²) in [6, 6.07) is 6.81. The minimum Gasteiger partial charge on any atom is -0.354 e. The number of halogens is 3. The van der Waals surface area contributed by atoms with Crippen molar-refractivity contribution in [2.45, 2.75) is 38.4 Å². The van der Waals surface area contributed by atoms with Gasteiger partial charge in [-0.25, -0.2) is 0 Å². The van der Waals surface area contributed by atoms with E-state index in [0.29, 0.717) is 25.6 Å². The molecule has 1 aromatic carbocycles. The summed E-state index contributed by atoms with van der Waals surface area (Å²) in [5.74, 6) is 0.124. The summed E-state index contributed by atoms with van der Waals surface area (Å²) in [6.07, 6.45) is -1.90. The quantitative estimate of drug-likeness (QED) is 0.823. The van der Waals surface area contributed by atoms with Gasteiger partial charge in [0.05, 0.1) is 6.54 Å². The number of carbonyl (C=O) groups is 1. The van der Waals surface area contributed by atoms with Crippen LogP contribution >= 0.6 is 0 Å². The van der Waals surface area contributed by atoms with Crippen LogP contribution in [0, 0.1) is 12.8 Å². The van der Waals surface area contributed by atoms with E-state index in [4.69, 9.17) is 5.73 Å². The molecule has 1 aromatic rings. The van der Waals surface area contributed by atoms with Crippen LogP contribution in [0.3, 0.4) is 0 Å². The minimum atomic E-state index is -4.13. The van der Waals surface area contributed by atoms with Crippen molar-refractivity contribution in [2.24, 2.45) is 11.7 Å². The van der Waals surface area contributed by atoms with Crippen molar-refractivity contribution in [3.63, 3.8) is 0 Å². The second kappa shape index (κ2) is 8.67. The second-order valence-corrected chi connectivity index (χ2v) is 6.80. The van der Waals surface area contributed by atoms with Gasteiger partial charge in [-0.05, 0) is 50.8 Å². The molecule has 1 aliphatic heterocycles. The number of hydrogen-bond donors (Lipinski definition) is 2. The Morgan fingerprint density at radius 3 is 2.44 bits per heavy atom. The summed E-state index contributed by atoms with van der Waals surface area (Å²) < 4.78 is 37.1. The lowest BCUT2D eigenvalue weighted by Gasteiger charge is -2.32. The summed E-state index contributed by atoms with van der Waals surface area (Å²) in [5, 5.41) is 2.83. The highest BCUT2D eigenvalue weighted by Gasteiger charge is 2.32. The molecule has 1 fully saturated rings. The Hall–Kier alpha value is -1.60. The van der Waals surface area contributed by atoms with Crippen LogP contribution in [-0.4, -0.2) is 43.2 Å². The number of amides is 1. The second-order valence-electron chi connectivity index (χ2n) is 6.80. The molecule has 1 heterocycles. The van der Waals surface area contributed by atoms with Gasteiger partial charge in [-0.2, -0.15) is 13.2 Å². The van der Waals surface area contributed by atoms with Crippen LogP contribution in [0.15, 0.2) is 24.3 Å². The van der Waals surface area contributed by atoms with E-state index >= 15 is 0 Å². The van der Waals surface area contributed by atoms with Crippen LogP contribution in [0.5, 0.6) is 0 Å². The molecular formula is C18H26F3N3O. The lowest BCUT2D eigenvalue weighted by Crippen LogP contribution is -2.41. The molecule has 7 heteroatoms. The zero-order valence-corrected chi connectivity index (χ0v) is 14.5. The molecule has 1 unspecified atom stereocenters. The number of likely N-dealkylation sites (tertiary alicyclic amines) is 1. The molecular weight excluding hydrogens is 331 g/mol. The Morgan fingerprint density at radius 2 is 1.88 bits per heavy atom. The lowest BCUT2D eigenvalue weighted by molar-refractivity contribution is -0.148. The van der Waals surface area contributed by atoms with Crippen LogP contribution in [0.1, 0.15) is 36.4 Å². The Morgan fingerprint density at radius 1 is 1.28 bits per heavy atom. The molecule has 1 saturated heterocycles. The third kappa shape index (κ3) is 6.66. The maximum Gasteiger partial charge on any atom is 0.401 e. The van der Waals surface area contributed by atoms with E-state index in [1.54, 1.807) is 0 Å². The van der Waals surface area contributed by atoms with Crippen molar-refractivity contribution in [1.82, 2.24) is 10.2 Å². The zero-order chi connectivity index (χ0) is 18.4. The van der Waals surface area contributed by atoms with Gasteiger partial charge in [-0.1, -0.05) is 29.8 Å². The molecule has 0 bridgehead atoms. The third-order valence-corrected chi connectivity index (χ3v) is 4.68. The Balaban J connectivity index is 1.67. The highest BCUT2D eigenvalue weighted by molar-refractivity contribution is 5.82. The number of rotatable bonds is 6. The van der Waals surface area contributed by atoms with Crippen LogP contribution in [0.25, 0.3) is 0 Å². The van der Waals surface area contributed by atoms with Crippen molar-refractivity contribution < 1.29 is 18.0 Å². The maximum absolute atomic E-state index is 12.4. The Labute approximate surface area is 146 Å². The van der Waals surface area contributed by atoms with Crippen molar-refractivity contribution in [3.05, 3.63) is 35.4 Å². The lowest BCUT2D eigenvalue weighted by atomic mass is 9.93. The molecule has 1 amide bonds. The molecule has 0 spiro atoms. The predicted molar refractivity (Wildman–Crippen MR) is 91.0 cm³/mol.